The molecule has 4 unspecified atom stereocenters. The van der Waals surface area contributed by atoms with Gasteiger partial charge in [-0.25, -0.2) is 0 Å². The van der Waals surface area contributed by atoms with Crippen LogP contribution in [0.25, 0.3) is 0 Å². The van der Waals surface area contributed by atoms with Gasteiger partial charge in [0, 0.05) is 12.3 Å². The zero-order valence-corrected chi connectivity index (χ0v) is 21.1. The molecule has 2 saturated carbocycles. The Morgan fingerprint density at radius 2 is 1.97 bits per heavy atom. The van der Waals surface area contributed by atoms with Gasteiger partial charge in [0.05, 0.1) is 13.4 Å². The second-order valence-electron chi connectivity index (χ2n) is 11.4. The maximum Gasteiger partial charge on any atom is 0.305 e. The summed E-state index contributed by atoms with van der Waals surface area (Å²) in [5.41, 5.74) is 0.147. The van der Waals surface area contributed by atoms with Gasteiger partial charge < -0.3 is 8.92 Å². The van der Waals surface area contributed by atoms with Gasteiger partial charge in [0.2, 0.25) is 0 Å². The van der Waals surface area contributed by atoms with Crippen molar-refractivity contribution in [2.75, 3.05) is 13.4 Å². The van der Waals surface area contributed by atoms with Crippen molar-refractivity contribution < 1.29 is 22.1 Å². The molecule has 180 valence electrons. The Morgan fingerprint density at radius 3 is 2.66 bits per heavy atom. The third-order valence-electron chi connectivity index (χ3n) is 9.62. The summed E-state index contributed by atoms with van der Waals surface area (Å²) in [4.78, 5) is 11.7. The van der Waals surface area contributed by atoms with Crippen LogP contribution in [0.15, 0.2) is 24.0 Å². The van der Waals surface area contributed by atoms with Crippen LogP contribution < -0.4 is 0 Å². The molecule has 0 saturated heterocycles. The number of methoxy groups -OCH3 is 1. The Hall–Kier alpha value is -1.30. The van der Waals surface area contributed by atoms with E-state index in [4.69, 9.17) is 8.92 Å². The number of fused-ring (bicyclic) bond motifs is 5. The third-order valence-corrected chi connectivity index (χ3v) is 10.1. The third kappa shape index (κ3) is 4.05. The molecule has 8 atom stereocenters. The molecule has 5 nitrogen and oxygen atoms in total. The van der Waals surface area contributed by atoms with Crippen molar-refractivity contribution in [2.24, 2.45) is 46.3 Å². The lowest BCUT2D eigenvalue weighted by Gasteiger charge is -2.56. The lowest BCUT2D eigenvalue weighted by Crippen LogP contribution is -2.51. The number of hydrogen-bond acceptors (Lipinski definition) is 5. The minimum atomic E-state index is -3.58. The molecule has 0 radical (unpaired) electrons. The minimum Gasteiger partial charge on any atom is -0.469 e. The highest BCUT2D eigenvalue weighted by molar-refractivity contribution is 7.86. The fourth-order valence-corrected chi connectivity index (χ4v) is 8.46. The van der Waals surface area contributed by atoms with E-state index in [0.29, 0.717) is 41.8 Å². The zero-order chi connectivity index (χ0) is 23.3. The van der Waals surface area contributed by atoms with Gasteiger partial charge in [-0.15, -0.1) is 0 Å². The summed E-state index contributed by atoms with van der Waals surface area (Å²) in [6.07, 6.45) is 16.4. The SMILES string of the molecule is COC(=O)CC[C@@H](C)[C@H]1CCC2C3C(OS(C)(=O)=O)=CC4CCCC[C@]4(C)C3C=C[C@@]21C. The maximum absolute atomic E-state index is 12.2. The largest absolute Gasteiger partial charge is 0.469 e. The summed E-state index contributed by atoms with van der Waals surface area (Å²) >= 11 is 0. The Labute approximate surface area is 194 Å². The number of rotatable bonds is 6. The molecule has 0 aromatic rings. The number of allylic oxidation sites excluding steroid dienone is 4. The lowest BCUT2D eigenvalue weighted by atomic mass is 9.48. The lowest BCUT2D eigenvalue weighted by molar-refractivity contribution is -0.141. The van der Waals surface area contributed by atoms with Gasteiger partial charge in [0.1, 0.15) is 5.76 Å². The first-order valence-electron chi connectivity index (χ1n) is 12.4. The topological polar surface area (TPSA) is 69.7 Å². The molecule has 4 rings (SSSR count). The average Bonchev–Trinajstić information content (AvgIpc) is 3.08. The Balaban J connectivity index is 1.68. The molecular weight excluding hydrogens is 424 g/mol. The van der Waals surface area contributed by atoms with E-state index in [-0.39, 0.29) is 22.7 Å². The molecule has 4 aliphatic carbocycles. The molecule has 0 heterocycles. The summed E-state index contributed by atoms with van der Waals surface area (Å²) in [6.45, 7) is 7.02. The molecule has 0 amide bonds. The van der Waals surface area contributed by atoms with Gasteiger partial charge in [-0.3, -0.25) is 4.79 Å². The standard InChI is InChI=1S/C26H40O5S/c1-17(9-12-23(27)30-4)19-10-11-20-24-21(13-15-26(19,20)3)25(2)14-7-6-8-18(25)16-22(24)31-32(5,28)29/h13,15-21,24H,6-12,14H2,1-5H3/t17-,18?,19-,20?,21?,24?,25+,26-/m1/s1. The van der Waals surface area contributed by atoms with Crippen LogP contribution in [0.5, 0.6) is 0 Å². The highest BCUT2D eigenvalue weighted by Crippen LogP contribution is 2.66. The normalized spacial score (nSPS) is 41.7. The highest BCUT2D eigenvalue weighted by Gasteiger charge is 2.60. The van der Waals surface area contributed by atoms with Gasteiger partial charge in [-0.1, -0.05) is 45.8 Å². The van der Waals surface area contributed by atoms with Crippen molar-refractivity contribution in [3.63, 3.8) is 0 Å². The highest BCUT2D eigenvalue weighted by atomic mass is 32.2. The molecule has 2 fully saturated rings. The number of carbonyl (C=O) groups is 1. The van der Waals surface area contributed by atoms with Crippen molar-refractivity contribution in [3.05, 3.63) is 24.0 Å². The predicted molar refractivity (Wildman–Crippen MR) is 125 cm³/mol. The summed E-state index contributed by atoms with van der Waals surface area (Å²) < 4.78 is 35.0. The molecule has 0 aliphatic heterocycles. The van der Waals surface area contributed by atoms with Crippen LogP contribution in [0.4, 0.5) is 0 Å². The van der Waals surface area contributed by atoms with E-state index >= 15 is 0 Å². The van der Waals surface area contributed by atoms with Crippen molar-refractivity contribution in [1.82, 2.24) is 0 Å². The fraction of sp³-hybridized carbons (Fsp3) is 0.808. The van der Waals surface area contributed by atoms with E-state index in [1.165, 1.54) is 32.6 Å². The minimum absolute atomic E-state index is 0.0193. The molecule has 0 spiro atoms. The Bertz CT molecular complexity index is 905. The van der Waals surface area contributed by atoms with E-state index in [9.17, 15) is 13.2 Å². The van der Waals surface area contributed by atoms with Crippen LogP contribution in [-0.4, -0.2) is 27.8 Å². The molecule has 4 aliphatic rings. The smallest absolute Gasteiger partial charge is 0.305 e. The summed E-state index contributed by atoms with van der Waals surface area (Å²) in [7, 11) is -2.13. The molecular formula is C26H40O5S. The summed E-state index contributed by atoms with van der Waals surface area (Å²) in [6, 6.07) is 0. The van der Waals surface area contributed by atoms with E-state index in [1.54, 1.807) is 0 Å². The number of hydrogen-bond donors (Lipinski definition) is 0. The summed E-state index contributed by atoms with van der Waals surface area (Å²) in [5.74, 6) is 2.57. The maximum atomic E-state index is 12.2. The first kappa shape index (κ1) is 23.8. The van der Waals surface area contributed by atoms with Crippen molar-refractivity contribution >= 4 is 16.1 Å². The Kier molecular flexibility index (Phi) is 6.32. The van der Waals surface area contributed by atoms with Crippen LogP contribution >= 0.6 is 0 Å². The van der Waals surface area contributed by atoms with Crippen LogP contribution in [0.1, 0.15) is 72.1 Å². The fourth-order valence-electron chi connectivity index (χ4n) is 7.94. The summed E-state index contributed by atoms with van der Waals surface area (Å²) in [5, 5.41) is 0. The molecule has 0 N–H and O–H groups in total. The molecule has 0 aromatic carbocycles. The van der Waals surface area contributed by atoms with Crippen molar-refractivity contribution in [1.29, 1.82) is 0 Å². The molecule has 32 heavy (non-hydrogen) atoms. The Morgan fingerprint density at radius 1 is 1.22 bits per heavy atom. The molecule has 6 heteroatoms. The van der Waals surface area contributed by atoms with Crippen LogP contribution in [-0.2, 0) is 23.8 Å². The molecule has 0 bridgehead atoms. The van der Waals surface area contributed by atoms with Crippen molar-refractivity contribution in [2.45, 2.75) is 72.1 Å². The monoisotopic (exact) mass is 464 g/mol. The van der Waals surface area contributed by atoms with Crippen LogP contribution in [0.3, 0.4) is 0 Å². The van der Waals surface area contributed by atoms with Crippen LogP contribution in [0, 0.1) is 46.3 Å². The van der Waals surface area contributed by atoms with Gasteiger partial charge in [0.25, 0.3) is 0 Å². The van der Waals surface area contributed by atoms with Gasteiger partial charge in [-0.2, -0.15) is 8.42 Å². The number of carbonyl (C=O) groups excluding carboxylic acids is 1. The van der Waals surface area contributed by atoms with Gasteiger partial charge in [0.15, 0.2) is 0 Å². The number of ether oxygens (including phenoxy) is 1. The van der Waals surface area contributed by atoms with Gasteiger partial charge in [-0.05, 0) is 78.6 Å². The van der Waals surface area contributed by atoms with Crippen molar-refractivity contribution in [3.8, 4) is 0 Å². The van der Waals surface area contributed by atoms with Crippen LogP contribution in [0.2, 0.25) is 0 Å². The second kappa shape index (κ2) is 8.48. The number of esters is 1. The van der Waals surface area contributed by atoms with E-state index in [1.807, 2.05) is 0 Å². The van der Waals surface area contributed by atoms with Gasteiger partial charge >= 0.3 is 16.1 Å². The first-order chi connectivity index (χ1) is 15.0. The second-order valence-corrected chi connectivity index (χ2v) is 12.9. The zero-order valence-electron chi connectivity index (χ0n) is 20.3. The quantitative estimate of drug-likeness (QED) is 0.296. The predicted octanol–water partition coefficient (Wildman–Crippen LogP) is 5.48. The first-order valence-corrected chi connectivity index (χ1v) is 14.2. The van der Waals surface area contributed by atoms with E-state index in [0.717, 1.165) is 25.7 Å². The van der Waals surface area contributed by atoms with E-state index < -0.39 is 10.1 Å². The van der Waals surface area contributed by atoms with E-state index in [2.05, 4.69) is 39.0 Å². The average molecular weight is 465 g/mol. The molecule has 0 aromatic heterocycles.